The summed E-state index contributed by atoms with van der Waals surface area (Å²) < 4.78 is 10.4. The van der Waals surface area contributed by atoms with Crippen molar-refractivity contribution in [2.75, 3.05) is 33.6 Å². The number of ether oxygens (including phenoxy) is 2. The summed E-state index contributed by atoms with van der Waals surface area (Å²) in [5, 5.41) is 2.87. The number of methoxy groups -OCH3 is 2. The van der Waals surface area contributed by atoms with E-state index in [2.05, 4.69) is 5.32 Å². The van der Waals surface area contributed by atoms with Crippen molar-refractivity contribution >= 4 is 17.5 Å². The fraction of sp³-hybridized carbons (Fsp3) is 0.300. The van der Waals surface area contributed by atoms with Crippen LogP contribution in [0.3, 0.4) is 0 Å². The van der Waals surface area contributed by atoms with Gasteiger partial charge in [0.2, 0.25) is 5.91 Å². The molecular formula is C20H24N2O4. The monoisotopic (exact) mass is 356 g/mol. The number of nitrogens with zero attached hydrogens (tertiary/aromatic N) is 1. The molecule has 0 heterocycles. The topological polar surface area (TPSA) is 67.9 Å². The molecule has 0 aliphatic heterocycles. The molecule has 0 spiro atoms. The van der Waals surface area contributed by atoms with Gasteiger partial charge in [0, 0.05) is 32.3 Å². The second-order valence-corrected chi connectivity index (χ2v) is 6.01. The van der Waals surface area contributed by atoms with Crippen LogP contribution >= 0.6 is 0 Å². The molecule has 138 valence electrons. The molecule has 0 unspecified atom stereocenters. The lowest BCUT2D eigenvalue weighted by Crippen LogP contribution is -2.21. The molecule has 0 aromatic heterocycles. The van der Waals surface area contributed by atoms with Crippen molar-refractivity contribution in [2.45, 2.75) is 12.8 Å². The van der Waals surface area contributed by atoms with Crippen molar-refractivity contribution < 1.29 is 19.1 Å². The first-order valence-corrected chi connectivity index (χ1v) is 8.27. The van der Waals surface area contributed by atoms with Crippen molar-refractivity contribution in [1.82, 2.24) is 4.90 Å². The predicted octanol–water partition coefficient (Wildman–Crippen LogP) is 2.98. The molecule has 0 aliphatic rings. The molecule has 26 heavy (non-hydrogen) atoms. The van der Waals surface area contributed by atoms with Gasteiger partial charge < -0.3 is 19.7 Å². The summed E-state index contributed by atoms with van der Waals surface area (Å²) in [6.45, 7) is 0. The lowest BCUT2D eigenvalue weighted by atomic mass is 10.1. The van der Waals surface area contributed by atoms with Crippen LogP contribution in [0.25, 0.3) is 0 Å². The molecule has 1 N–H and O–H groups in total. The molecular weight excluding hydrogens is 332 g/mol. The number of nitrogens with one attached hydrogen (secondary N) is 1. The Morgan fingerprint density at radius 2 is 1.81 bits per heavy atom. The van der Waals surface area contributed by atoms with E-state index in [0.717, 1.165) is 5.56 Å². The van der Waals surface area contributed by atoms with E-state index in [4.69, 9.17) is 9.47 Å². The van der Waals surface area contributed by atoms with Gasteiger partial charge in [-0.15, -0.1) is 0 Å². The average Bonchev–Trinajstić information content (AvgIpc) is 2.65. The Labute approximate surface area is 153 Å². The van der Waals surface area contributed by atoms with Gasteiger partial charge in [0.15, 0.2) is 0 Å². The average molecular weight is 356 g/mol. The lowest BCUT2D eigenvalue weighted by molar-refractivity contribution is -0.128. The molecule has 0 radical (unpaired) electrons. The molecule has 0 saturated carbocycles. The highest BCUT2D eigenvalue weighted by Crippen LogP contribution is 2.25. The lowest BCUT2D eigenvalue weighted by Gasteiger charge is -2.12. The Morgan fingerprint density at radius 3 is 2.46 bits per heavy atom. The maximum Gasteiger partial charge on any atom is 0.259 e. The van der Waals surface area contributed by atoms with Gasteiger partial charge in [0.1, 0.15) is 11.5 Å². The van der Waals surface area contributed by atoms with E-state index >= 15 is 0 Å². The van der Waals surface area contributed by atoms with Crippen LogP contribution in [0.15, 0.2) is 42.5 Å². The first-order chi connectivity index (χ1) is 12.4. The quantitative estimate of drug-likeness (QED) is 0.828. The van der Waals surface area contributed by atoms with Gasteiger partial charge in [0.05, 0.1) is 19.8 Å². The molecule has 0 bridgehead atoms. The van der Waals surface area contributed by atoms with Crippen LogP contribution in [0.5, 0.6) is 11.5 Å². The van der Waals surface area contributed by atoms with Crippen LogP contribution < -0.4 is 14.8 Å². The number of carbonyl (C=O) groups is 2. The van der Waals surface area contributed by atoms with E-state index in [1.165, 1.54) is 7.11 Å². The summed E-state index contributed by atoms with van der Waals surface area (Å²) in [6.07, 6.45) is 1.04. The first-order valence-electron chi connectivity index (χ1n) is 8.27. The highest BCUT2D eigenvalue weighted by molar-refractivity contribution is 6.06. The third-order valence-electron chi connectivity index (χ3n) is 3.96. The minimum absolute atomic E-state index is 0.0717. The van der Waals surface area contributed by atoms with Crippen molar-refractivity contribution in [1.29, 1.82) is 0 Å². The third-order valence-corrected chi connectivity index (χ3v) is 3.96. The van der Waals surface area contributed by atoms with Gasteiger partial charge in [-0.25, -0.2) is 0 Å². The fourth-order valence-electron chi connectivity index (χ4n) is 2.46. The van der Waals surface area contributed by atoms with E-state index in [0.29, 0.717) is 35.6 Å². The summed E-state index contributed by atoms with van der Waals surface area (Å²) in [4.78, 5) is 25.9. The zero-order valence-electron chi connectivity index (χ0n) is 15.5. The summed E-state index contributed by atoms with van der Waals surface area (Å²) in [5.74, 6) is 0.856. The van der Waals surface area contributed by atoms with Gasteiger partial charge in [-0.3, -0.25) is 9.59 Å². The van der Waals surface area contributed by atoms with Crippen molar-refractivity contribution in [3.05, 3.63) is 53.6 Å². The second kappa shape index (κ2) is 8.89. The van der Waals surface area contributed by atoms with Gasteiger partial charge in [0.25, 0.3) is 5.91 Å². The highest BCUT2D eigenvalue weighted by Gasteiger charge is 2.14. The van der Waals surface area contributed by atoms with Crippen LogP contribution in [0, 0.1) is 0 Å². The molecule has 2 rings (SSSR count). The Hall–Kier alpha value is -3.02. The molecule has 2 amide bonds. The van der Waals surface area contributed by atoms with Gasteiger partial charge in [-0.05, 0) is 36.2 Å². The summed E-state index contributed by atoms with van der Waals surface area (Å²) >= 11 is 0. The van der Waals surface area contributed by atoms with Crippen LogP contribution in [-0.2, 0) is 11.2 Å². The highest BCUT2D eigenvalue weighted by atomic mass is 16.5. The minimum Gasteiger partial charge on any atom is -0.497 e. The van der Waals surface area contributed by atoms with Crippen LogP contribution in [0.4, 0.5) is 5.69 Å². The smallest absolute Gasteiger partial charge is 0.259 e. The van der Waals surface area contributed by atoms with E-state index in [1.807, 2.05) is 24.3 Å². The predicted molar refractivity (Wildman–Crippen MR) is 101 cm³/mol. The number of rotatable bonds is 7. The van der Waals surface area contributed by atoms with E-state index in [9.17, 15) is 9.59 Å². The Morgan fingerprint density at radius 1 is 1.04 bits per heavy atom. The van der Waals surface area contributed by atoms with Gasteiger partial charge in [-0.2, -0.15) is 0 Å². The molecule has 0 atom stereocenters. The first kappa shape index (κ1) is 19.3. The molecule has 6 heteroatoms. The minimum atomic E-state index is -0.272. The Balaban J connectivity index is 2.10. The number of amides is 2. The third kappa shape index (κ3) is 4.99. The van der Waals surface area contributed by atoms with Crippen molar-refractivity contribution in [2.24, 2.45) is 0 Å². The number of hydrogen-bond donors (Lipinski definition) is 1. The number of benzene rings is 2. The van der Waals surface area contributed by atoms with E-state index in [-0.39, 0.29) is 11.8 Å². The molecule has 0 saturated heterocycles. The zero-order chi connectivity index (χ0) is 19.1. The number of anilines is 1. The van der Waals surface area contributed by atoms with Gasteiger partial charge in [-0.1, -0.05) is 12.1 Å². The summed E-state index contributed by atoms with van der Waals surface area (Å²) in [5.41, 5.74) is 2.07. The number of aryl methyl sites for hydroxylation is 1. The SMILES string of the molecule is COc1ccc(C(=O)Nc2cccc(CCC(=O)N(C)C)c2)c(OC)c1. The Bertz CT molecular complexity index is 787. The van der Waals surface area contributed by atoms with Crippen molar-refractivity contribution in [3.63, 3.8) is 0 Å². The number of carbonyl (C=O) groups excluding carboxylic acids is 2. The van der Waals surface area contributed by atoms with Crippen LogP contribution in [0.2, 0.25) is 0 Å². The van der Waals surface area contributed by atoms with Crippen molar-refractivity contribution in [3.8, 4) is 11.5 Å². The van der Waals surface area contributed by atoms with E-state index in [1.54, 1.807) is 44.3 Å². The van der Waals surface area contributed by atoms with Crippen LogP contribution in [0.1, 0.15) is 22.3 Å². The largest absolute Gasteiger partial charge is 0.497 e. The normalized spacial score (nSPS) is 10.2. The van der Waals surface area contributed by atoms with Crippen LogP contribution in [-0.4, -0.2) is 45.0 Å². The molecule has 2 aromatic rings. The molecule has 6 nitrogen and oxygen atoms in total. The second-order valence-electron chi connectivity index (χ2n) is 6.01. The molecule has 2 aromatic carbocycles. The maximum atomic E-state index is 12.6. The Kier molecular flexibility index (Phi) is 6.60. The molecule has 0 fully saturated rings. The standard InChI is InChI=1S/C20H24N2O4/c1-22(2)19(23)11-8-14-6-5-7-15(12-14)21-20(24)17-10-9-16(25-3)13-18(17)26-4/h5-7,9-10,12-13H,8,11H2,1-4H3,(H,21,24). The number of hydrogen-bond acceptors (Lipinski definition) is 4. The van der Waals surface area contributed by atoms with E-state index < -0.39 is 0 Å². The fourth-order valence-corrected chi connectivity index (χ4v) is 2.46. The zero-order valence-corrected chi connectivity index (χ0v) is 15.5. The summed E-state index contributed by atoms with van der Waals surface area (Å²) in [7, 11) is 6.54. The van der Waals surface area contributed by atoms with Gasteiger partial charge >= 0.3 is 0 Å². The maximum absolute atomic E-state index is 12.6. The summed E-state index contributed by atoms with van der Waals surface area (Å²) in [6, 6.07) is 12.5. The molecule has 0 aliphatic carbocycles.